The van der Waals surface area contributed by atoms with Crippen LogP contribution in [0.15, 0.2) is 66.7 Å². The molecule has 1 N–H and O–H groups in total. The molecule has 3 aromatic rings. The predicted octanol–water partition coefficient (Wildman–Crippen LogP) is 6.33. The number of halogens is 3. The number of alkyl halides is 3. The summed E-state index contributed by atoms with van der Waals surface area (Å²) in [5.74, 6) is 0.0290. The molecule has 150 valence electrons. The van der Waals surface area contributed by atoms with Crippen LogP contribution in [0.3, 0.4) is 0 Å². The lowest BCUT2D eigenvalue weighted by atomic mass is 10.1. The highest BCUT2D eigenvalue weighted by atomic mass is 19.4. The van der Waals surface area contributed by atoms with E-state index in [9.17, 15) is 23.3 Å². The van der Waals surface area contributed by atoms with Gasteiger partial charge in [0.1, 0.15) is 5.75 Å². The standard InChI is InChI=1S/C21H17F3N2O3/c1-14-4-2-3-5-18(14)25-13-15-6-9-17(10-7-15)29-20-11-8-16(21(22,23)24)12-19(20)26(27)28/h2-12,25H,13H2,1H3. The molecule has 3 rings (SSSR count). The number of aryl methyl sites for hydroxylation is 1. The molecule has 0 spiro atoms. The maximum Gasteiger partial charge on any atom is 0.416 e. The summed E-state index contributed by atoms with van der Waals surface area (Å²) < 4.78 is 43.8. The first-order valence-electron chi connectivity index (χ1n) is 8.66. The van der Waals surface area contributed by atoms with Gasteiger partial charge in [-0.3, -0.25) is 10.1 Å². The Morgan fingerprint density at radius 2 is 1.72 bits per heavy atom. The fraction of sp³-hybridized carbons (Fsp3) is 0.143. The first-order valence-corrected chi connectivity index (χ1v) is 8.66. The molecule has 0 radical (unpaired) electrons. The highest BCUT2D eigenvalue weighted by Crippen LogP contribution is 2.37. The van der Waals surface area contributed by atoms with E-state index in [1.807, 2.05) is 31.2 Å². The van der Waals surface area contributed by atoms with Crippen LogP contribution >= 0.6 is 0 Å². The molecule has 5 nitrogen and oxygen atoms in total. The van der Waals surface area contributed by atoms with Gasteiger partial charge in [-0.15, -0.1) is 0 Å². The van der Waals surface area contributed by atoms with E-state index in [4.69, 9.17) is 4.74 Å². The molecule has 0 saturated heterocycles. The molecule has 0 fully saturated rings. The maximum atomic E-state index is 12.8. The van der Waals surface area contributed by atoms with Crippen molar-refractivity contribution >= 4 is 11.4 Å². The summed E-state index contributed by atoms with van der Waals surface area (Å²) in [5, 5.41) is 14.4. The monoisotopic (exact) mass is 402 g/mol. The number of benzene rings is 3. The summed E-state index contributed by atoms with van der Waals surface area (Å²) >= 11 is 0. The van der Waals surface area contributed by atoms with Crippen molar-refractivity contribution in [3.63, 3.8) is 0 Å². The number of rotatable bonds is 6. The molecule has 0 heterocycles. The fourth-order valence-corrected chi connectivity index (χ4v) is 2.69. The van der Waals surface area contributed by atoms with Crippen molar-refractivity contribution in [2.75, 3.05) is 5.32 Å². The molecule has 0 aliphatic carbocycles. The summed E-state index contributed by atoms with van der Waals surface area (Å²) in [6, 6.07) is 16.8. The number of nitro benzene ring substituents is 1. The second-order valence-corrected chi connectivity index (χ2v) is 6.35. The largest absolute Gasteiger partial charge is 0.450 e. The number of hydrogen-bond donors (Lipinski definition) is 1. The van der Waals surface area contributed by atoms with Gasteiger partial charge in [0.05, 0.1) is 10.5 Å². The molecule has 0 saturated carbocycles. The van der Waals surface area contributed by atoms with Gasteiger partial charge < -0.3 is 10.1 Å². The first kappa shape index (κ1) is 20.2. The van der Waals surface area contributed by atoms with Crippen LogP contribution in [-0.4, -0.2) is 4.92 Å². The average Bonchev–Trinajstić information content (AvgIpc) is 2.68. The Kier molecular flexibility index (Phi) is 5.72. The van der Waals surface area contributed by atoms with Gasteiger partial charge >= 0.3 is 11.9 Å². The van der Waals surface area contributed by atoms with Crippen molar-refractivity contribution in [1.29, 1.82) is 0 Å². The van der Waals surface area contributed by atoms with Crippen molar-refractivity contribution in [2.24, 2.45) is 0 Å². The predicted molar refractivity (Wildman–Crippen MR) is 103 cm³/mol. The van der Waals surface area contributed by atoms with Gasteiger partial charge in [0.2, 0.25) is 5.75 Å². The van der Waals surface area contributed by atoms with Crippen molar-refractivity contribution in [3.05, 3.63) is 93.5 Å². The van der Waals surface area contributed by atoms with Crippen LogP contribution in [0.1, 0.15) is 16.7 Å². The van der Waals surface area contributed by atoms with E-state index in [0.29, 0.717) is 12.6 Å². The Bertz CT molecular complexity index is 1020. The van der Waals surface area contributed by atoms with E-state index >= 15 is 0 Å². The van der Waals surface area contributed by atoms with Crippen molar-refractivity contribution in [3.8, 4) is 11.5 Å². The second kappa shape index (κ2) is 8.22. The Labute approximate surface area is 164 Å². The Hall–Kier alpha value is -3.55. The van der Waals surface area contributed by atoms with Gasteiger partial charge in [-0.05, 0) is 48.4 Å². The summed E-state index contributed by atoms with van der Waals surface area (Å²) in [4.78, 5) is 10.2. The Balaban J connectivity index is 1.72. The summed E-state index contributed by atoms with van der Waals surface area (Å²) in [6.45, 7) is 2.56. The van der Waals surface area contributed by atoms with Crippen LogP contribution in [0.4, 0.5) is 24.5 Å². The lowest BCUT2D eigenvalue weighted by Gasteiger charge is -2.11. The van der Waals surface area contributed by atoms with Crippen LogP contribution in [0, 0.1) is 17.0 Å². The third-order valence-electron chi connectivity index (χ3n) is 4.26. The Morgan fingerprint density at radius 3 is 2.34 bits per heavy atom. The topological polar surface area (TPSA) is 64.4 Å². The molecule has 0 aromatic heterocycles. The first-order chi connectivity index (χ1) is 13.7. The molecule has 0 aliphatic rings. The lowest BCUT2D eigenvalue weighted by molar-refractivity contribution is -0.385. The SMILES string of the molecule is Cc1ccccc1NCc1ccc(Oc2ccc(C(F)(F)F)cc2[N+](=O)[O-])cc1. The minimum atomic E-state index is -4.67. The smallest absolute Gasteiger partial charge is 0.416 e. The molecule has 0 amide bonds. The number of para-hydroxylation sites is 1. The highest BCUT2D eigenvalue weighted by Gasteiger charge is 2.33. The number of ether oxygens (including phenoxy) is 1. The zero-order chi connectivity index (χ0) is 21.0. The normalized spacial score (nSPS) is 11.2. The molecule has 0 bridgehead atoms. The van der Waals surface area contributed by atoms with E-state index in [1.54, 1.807) is 24.3 Å². The van der Waals surface area contributed by atoms with E-state index < -0.39 is 22.4 Å². The van der Waals surface area contributed by atoms with E-state index in [2.05, 4.69) is 5.32 Å². The fourth-order valence-electron chi connectivity index (χ4n) is 2.69. The quantitative estimate of drug-likeness (QED) is 0.387. The van der Waals surface area contributed by atoms with Gasteiger partial charge in [0.25, 0.3) is 0 Å². The van der Waals surface area contributed by atoms with Crippen molar-refractivity contribution < 1.29 is 22.8 Å². The summed E-state index contributed by atoms with van der Waals surface area (Å²) in [5.41, 5.74) is 1.22. The molecule has 0 unspecified atom stereocenters. The third kappa shape index (κ3) is 5.04. The highest BCUT2D eigenvalue weighted by molar-refractivity contribution is 5.52. The second-order valence-electron chi connectivity index (χ2n) is 6.35. The van der Waals surface area contributed by atoms with Crippen LogP contribution in [0.5, 0.6) is 11.5 Å². The number of nitrogens with zero attached hydrogens (tertiary/aromatic N) is 1. The van der Waals surface area contributed by atoms with Crippen molar-refractivity contribution in [1.82, 2.24) is 0 Å². The average molecular weight is 402 g/mol. The molecular formula is C21H17F3N2O3. The van der Waals surface area contributed by atoms with Crippen LogP contribution in [0.25, 0.3) is 0 Å². The minimum Gasteiger partial charge on any atom is -0.450 e. The molecular weight excluding hydrogens is 385 g/mol. The zero-order valence-corrected chi connectivity index (χ0v) is 15.4. The molecule has 8 heteroatoms. The number of nitro groups is 1. The zero-order valence-electron chi connectivity index (χ0n) is 15.4. The number of nitrogens with one attached hydrogen (secondary N) is 1. The van der Waals surface area contributed by atoms with Gasteiger partial charge in [-0.1, -0.05) is 30.3 Å². The molecule has 0 aliphatic heterocycles. The number of anilines is 1. The summed E-state index contributed by atoms with van der Waals surface area (Å²) in [7, 11) is 0. The van der Waals surface area contributed by atoms with Gasteiger partial charge in [0, 0.05) is 18.3 Å². The van der Waals surface area contributed by atoms with E-state index in [1.165, 1.54) is 0 Å². The third-order valence-corrected chi connectivity index (χ3v) is 4.26. The van der Waals surface area contributed by atoms with Gasteiger partial charge in [-0.25, -0.2) is 0 Å². The van der Waals surface area contributed by atoms with Crippen LogP contribution < -0.4 is 10.1 Å². The van der Waals surface area contributed by atoms with Crippen LogP contribution in [-0.2, 0) is 12.7 Å². The Morgan fingerprint density at radius 1 is 1.03 bits per heavy atom. The molecule has 29 heavy (non-hydrogen) atoms. The number of hydrogen-bond acceptors (Lipinski definition) is 4. The lowest BCUT2D eigenvalue weighted by Crippen LogP contribution is -2.06. The van der Waals surface area contributed by atoms with E-state index in [-0.39, 0.29) is 11.5 Å². The maximum absolute atomic E-state index is 12.8. The van der Waals surface area contributed by atoms with Gasteiger partial charge in [-0.2, -0.15) is 13.2 Å². The van der Waals surface area contributed by atoms with Gasteiger partial charge in [0.15, 0.2) is 0 Å². The molecule has 0 atom stereocenters. The van der Waals surface area contributed by atoms with Crippen molar-refractivity contribution in [2.45, 2.75) is 19.6 Å². The minimum absolute atomic E-state index is 0.256. The van der Waals surface area contributed by atoms with Crippen LogP contribution in [0.2, 0.25) is 0 Å². The summed E-state index contributed by atoms with van der Waals surface area (Å²) in [6.07, 6.45) is -4.67. The van der Waals surface area contributed by atoms with E-state index in [0.717, 1.165) is 28.9 Å². The molecule has 3 aromatic carbocycles.